The van der Waals surface area contributed by atoms with Crippen molar-refractivity contribution < 1.29 is 40.3 Å². The molecule has 0 atom stereocenters. The molecular weight excluding hydrogens is 437 g/mol. The third kappa shape index (κ3) is 4.97. The predicted molar refractivity (Wildman–Crippen MR) is 92.1 cm³/mol. The van der Waals surface area contributed by atoms with E-state index in [0.29, 0.717) is 0 Å². The van der Waals surface area contributed by atoms with Gasteiger partial charge in [0.1, 0.15) is 17.1 Å². The first-order valence-corrected chi connectivity index (χ1v) is 8.88. The second kappa shape index (κ2) is 7.85. The quantitative estimate of drug-likeness (QED) is 0.677. The van der Waals surface area contributed by atoms with Gasteiger partial charge >= 0.3 is 12.4 Å². The zero-order chi connectivity index (χ0) is 23.1. The van der Waals surface area contributed by atoms with E-state index >= 15 is 0 Å². The van der Waals surface area contributed by atoms with Gasteiger partial charge in [-0.05, 0) is 31.0 Å². The summed E-state index contributed by atoms with van der Waals surface area (Å²) in [6.45, 7) is -0.234. The van der Waals surface area contributed by atoms with Crippen LogP contribution >= 0.6 is 0 Å². The van der Waals surface area contributed by atoms with Crippen LogP contribution in [0.3, 0.4) is 0 Å². The SMILES string of the molecule is Cn1nc(C(F)(F)F)c(C(F)(F)F)c1C(=O)Nc1ccc(F)c(CNC(=O)C2CC2)c1. The third-order valence-corrected chi connectivity index (χ3v) is 4.52. The highest BCUT2D eigenvalue weighted by Crippen LogP contribution is 2.41. The average molecular weight is 452 g/mol. The number of nitrogens with zero attached hydrogens (tertiary/aromatic N) is 2. The number of hydrogen-bond donors (Lipinski definition) is 2. The van der Waals surface area contributed by atoms with Crippen LogP contribution in [0.15, 0.2) is 18.2 Å². The predicted octanol–water partition coefficient (Wildman–Crippen LogP) is 3.88. The van der Waals surface area contributed by atoms with E-state index in [9.17, 15) is 40.3 Å². The lowest BCUT2D eigenvalue weighted by atomic mass is 10.1. The fraction of sp³-hybridized carbons (Fsp3) is 0.389. The molecular formula is C18H15F7N4O2. The number of aromatic nitrogens is 2. The number of halogens is 7. The van der Waals surface area contributed by atoms with Crippen LogP contribution in [0.25, 0.3) is 0 Å². The summed E-state index contributed by atoms with van der Waals surface area (Å²) in [6.07, 6.45) is -9.51. The highest BCUT2D eigenvalue weighted by Gasteiger charge is 2.50. The Labute approximate surface area is 170 Å². The molecule has 3 rings (SSSR count). The molecule has 1 fully saturated rings. The number of rotatable bonds is 5. The summed E-state index contributed by atoms with van der Waals surface area (Å²) in [6, 6.07) is 2.99. The van der Waals surface area contributed by atoms with Gasteiger partial charge in [-0.3, -0.25) is 14.3 Å². The van der Waals surface area contributed by atoms with Crippen molar-refractivity contribution in [1.82, 2.24) is 15.1 Å². The van der Waals surface area contributed by atoms with Gasteiger partial charge in [-0.15, -0.1) is 0 Å². The van der Waals surface area contributed by atoms with Gasteiger partial charge in [0.15, 0.2) is 5.69 Å². The number of carbonyl (C=O) groups excluding carboxylic acids is 2. The van der Waals surface area contributed by atoms with Gasteiger partial charge in [0.25, 0.3) is 5.91 Å². The Balaban J connectivity index is 1.87. The van der Waals surface area contributed by atoms with E-state index in [0.717, 1.165) is 38.1 Å². The summed E-state index contributed by atoms with van der Waals surface area (Å²) in [4.78, 5) is 24.1. The van der Waals surface area contributed by atoms with Crippen LogP contribution in [-0.2, 0) is 30.7 Å². The molecule has 0 radical (unpaired) electrons. The summed E-state index contributed by atoms with van der Waals surface area (Å²) in [7, 11) is 0.767. The van der Waals surface area contributed by atoms with Gasteiger partial charge in [-0.2, -0.15) is 31.4 Å². The lowest BCUT2D eigenvalue weighted by Crippen LogP contribution is -2.25. The Hall–Kier alpha value is -3.12. The normalized spacial score (nSPS) is 14.5. The van der Waals surface area contributed by atoms with Crippen molar-refractivity contribution in [3.05, 3.63) is 46.5 Å². The average Bonchev–Trinajstić information content (AvgIpc) is 3.42. The molecule has 0 spiro atoms. The number of carbonyl (C=O) groups is 2. The zero-order valence-corrected chi connectivity index (χ0v) is 15.8. The maximum absolute atomic E-state index is 14.0. The van der Waals surface area contributed by atoms with E-state index < -0.39 is 41.0 Å². The van der Waals surface area contributed by atoms with Crippen LogP contribution in [0.2, 0.25) is 0 Å². The molecule has 1 heterocycles. The molecule has 0 saturated heterocycles. The second-order valence-electron chi connectivity index (χ2n) is 6.94. The van der Waals surface area contributed by atoms with Crippen molar-refractivity contribution >= 4 is 17.5 Å². The molecule has 2 amide bonds. The Morgan fingerprint density at radius 2 is 1.77 bits per heavy atom. The molecule has 1 aromatic carbocycles. The molecule has 0 bridgehead atoms. The summed E-state index contributed by atoms with van der Waals surface area (Å²) in [5, 5.41) is 7.33. The zero-order valence-electron chi connectivity index (χ0n) is 15.8. The Morgan fingerprint density at radius 1 is 1.13 bits per heavy atom. The van der Waals surface area contributed by atoms with E-state index in [1.54, 1.807) is 0 Å². The van der Waals surface area contributed by atoms with Gasteiger partial charge in [0.2, 0.25) is 5.91 Å². The first-order chi connectivity index (χ1) is 14.3. The minimum absolute atomic E-state index is 0.0659. The van der Waals surface area contributed by atoms with Gasteiger partial charge in [-0.25, -0.2) is 4.39 Å². The molecule has 168 valence electrons. The number of benzene rings is 1. The van der Waals surface area contributed by atoms with E-state index in [4.69, 9.17) is 0 Å². The van der Waals surface area contributed by atoms with Crippen molar-refractivity contribution in [2.45, 2.75) is 31.7 Å². The monoisotopic (exact) mass is 452 g/mol. The van der Waals surface area contributed by atoms with Gasteiger partial charge in [0, 0.05) is 30.8 Å². The van der Waals surface area contributed by atoms with Crippen molar-refractivity contribution in [3.8, 4) is 0 Å². The van der Waals surface area contributed by atoms with Crippen molar-refractivity contribution in [3.63, 3.8) is 0 Å². The molecule has 0 unspecified atom stereocenters. The van der Waals surface area contributed by atoms with Crippen LogP contribution in [0.1, 0.15) is 40.2 Å². The lowest BCUT2D eigenvalue weighted by molar-refractivity contribution is -0.164. The summed E-state index contributed by atoms with van der Waals surface area (Å²) >= 11 is 0. The van der Waals surface area contributed by atoms with E-state index in [-0.39, 0.29) is 34.3 Å². The molecule has 0 aliphatic heterocycles. The Morgan fingerprint density at radius 3 is 2.32 bits per heavy atom. The fourth-order valence-corrected chi connectivity index (χ4v) is 2.90. The molecule has 2 aromatic rings. The molecule has 1 saturated carbocycles. The van der Waals surface area contributed by atoms with Crippen LogP contribution in [-0.4, -0.2) is 21.6 Å². The van der Waals surface area contributed by atoms with E-state index in [1.807, 2.05) is 5.32 Å². The van der Waals surface area contributed by atoms with Crippen molar-refractivity contribution in [2.24, 2.45) is 13.0 Å². The number of amides is 2. The Kier molecular flexibility index (Phi) is 5.72. The van der Waals surface area contributed by atoms with Crippen molar-refractivity contribution in [2.75, 3.05) is 5.32 Å². The maximum Gasteiger partial charge on any atom is 0.435 e. The largest absolute Gasteiger partial charge is 0.435 e. The maximum atomic E-state index is 14.0. The highest BCUT2D eigenvalue weighted by atomic mass is 19.4. The van der Waals surface area contributed by atoms with E-state index in [2.05, 4.69) is 10.4 Å². The number of hydrogen-bond acceptors (Lipinski definition) is 3. The smallest absolute Gasteiger partial charge is 0.352 e. The van der Waals surface area contributed by atoms with Gasteiger partial charge < -0.3 is 10.6 Å². The molecule has 1 aliphatic rings. The number of aryl methyl sites for hydroxylation is 1. The Bertz CT molecular complexity index is 1020. The molecule has 31 heavy (non-hydrogen) atoms. The molecule has 6 nitrogen and oxygen atoms in total. The van der Waals surface area contributed by atoms with Gasteiger partial charge in [-0.1, -0.05) is 0 Å². The minimum atomic E-state index is -5.51. The minimum Gasteiger partial charge on any atom is -0.352 e. The van der Waals surface area contributed by atoms with Crippen molar-refractivity contribution in [1.29, 1.82) is 0 Å². The summed E-state index contributed by atoms with van der Waals surface area (Å²) in [5.41, 5.74) is -6.06. The second-order valence-corrected chi connectivity index (χ2v) is 6.94. The lowest BCUT2D eigenvalue weighted by Gasteiger charge is -2.13. The standard InChI is InChI=1S/C18H15F7N4O2/c1-29-13(12(17(20,21)22)14(28-29)18(23,24)25)16(31)27-10-4-5-11(19)9(6-10)7-26-15(30)8-2-3-8/h4-6,8H,2-3,7H2,1H3,(H,26,30)(H,27,31). The molecule has 2 N–H and O–H groups in total. The molecule has 13 heteroatoms. The first-order valence-electron chi connectivity index (χ1n) is 8.88. The molecule has 1 aliphatic carbocycles. The third-order valence-electron chi connectivity index (χ3n) is 4.52. The molecule has 1 aromatic heterocycles. The summed E-state index contributed by atoms with van der Waals surface area (Å²) in [5.74, 6) is -2.68. The van der Waals surface area contributed by atoms with E-state index in [1.165, 1.54) is 0 Å². The van der Waals surface area contributed by atoms with Crippen LogP contribution < -0.4 is 10.6 Å². The van der Waals surface area contributed by atoms with Crippen LogP contribution in [0.5, 0.6) is 0 Å². The number of nitrogens with one attached hydrogen (secondary N) is 2. The van der Waals surface area contributed by atoms with Gasteiger partial charge in [0.05, 0.1) is 0 Å². The first kappa shape index (κ1) is 22.6. The fourth-order valence-electron chi connectivity index (χ4n) is 2.90. The van der Waals surface area contributed by atoms with Crippen LogP contribution in [0.4, 0.5) is 36.4 Å². The number of anilines is 1. The number of alkyl halides is 6. The topological polar surface area (TPSA) is 76.0 Å². The summed E-state index contributed by atoms with van der Waals surface area (Å²) < 4.78 is 93.0. The van der Waals surface area contributed by atoms with Crippen LogP contribution in [0, 0.1) is 11.7 Å². The highest BCUT2D eigenvalue weighted by molar-refractivity contribution is 6.04.